The zero-order valence-electron chi connectivity index (χ0n) is 11.8. The van der Waals surface area contributed by atoms with Gasteiger partial charge in [0.05, 0.1) is 12.1 Å². The van der Waals surface area contributed by atoms with Crippen molar-refractivity contribution in [3.63, 3.8) is 0 Å². The van der Waals surface area contributed by atoms with E-state index in [9.17, 15) is 14.4 Å². The molecule has 2 heterocycles. The molecule has 0 aromatic rings. The number of hydrogen-bond donors (Lipinski definition) is 4. The van der Waals surface area contributed by atoms with Crippen LogP contribution in [0.3, 0.4) is 0 Å². The van der Waals surface area contributed by atoms with E-state index in [2.05, 4.69) is 10.6 Å². The zero-order chi connectivity index (χ0) is 15.5. The number of fused-ring (bicyclic) bond motifs is 1. The molecular weight excluding hydrogens is 294 g/mol. The molecule has 2 aliphatic heterocycles. The Labute approximate surface area is 127 Å². The maximum Gasteiger partial charge on any atom is 0.315 e. The van der Waals surface area contributed by atoms with E-state index in [4.69, 9.17) is 10.8 Å². The van der Waals surface area contributed by atoms with Crippen molar-refractivity contribution in [1.82, 2.24) is 10.6 Å². The molecule has 0 saturated carbocycles. The smallest absolute Gasteiger partial charge is 0.315 e. The van der Waals surface area contributed by atoms with Crippen molar-refractivity contribution in [3.05, 3.63) is 0 Å². The van der Waals surface area contributed by atoms with Crippen LogP contribution in [0, 0.1) is 0 Å². The second-order valence-electron chi connectivity index (χ2n) is 5.49. The predicted molar refractivity (Wildman–Crippen MR) is 78.8 cm³/mol. The Morgan fingerprint density at radius 3 is 2.76 bits per heavy atom. The van der Waals surface area contributed by atoms with Gasteiger partial charge in [0.2, 0.25) is 5.91 Å². The number of aliphatic hydroxyl groups is 1. The number of hydrogen-bond acceptors (Lipinski definition) is 5. The number of nitrogens with one attached hydrogen (secondary N) is 2. The third-order valence-electron chi connectivity index (χ3n) is 4.09. The average Bonchev–Trinajstić information content (AvgIpc) is 2.94. The number of ketones is 1. The average molecular weight is 315 g/mol. The van der Waals surface area contributed by atoms with E-state index in [1.54, 1.807) is 0 Å². The van der Waals surface area contributed by atoms with Crippen LogP contribution in [0.2, 0.25) is 0 Å². The molecule has 118 valence electrons. The van der Waals surface area contributed by atoms with Gasteiger partial charge in [-0.3, -0.25) is 9.59 Å². The number of urea groups is 1. The van der Waals surface area contributed by atoms with Crippen LogP contribution in [0.5, 0.6) is 0 Å². The first-order valence-corrected chi connectivity index (χ1v) is 8.11. The van der Waals surface area contributed by atoms with Gasteiger partial charge in [-0.15, -0.1) is 11.8 Å². The minimum Gasteiger partial charge on any atom is -0.396 e. The fourth-order valence-electron chi connectivity index (χ4n) is 2.98. The van der Waals surface area contributed by atoms with Crippen molar-refractivity contribution in [2.45, 2.75) is 48.9 Å². The van der Waals surface area contributed by atoms with E-state index in [0.717, 1.165) is 0 Å². The Kier molecular flexibility index (Phi) is 5.10. The van der Waals surface area contributed by atoms with Gasteiger partial charge >= 0.3 is 6.03 Å². The van der Waals surface area contributed by atoms with E-state index in [1.807, 2.05) is 0 Å². The third kappa shape index (κ3) is 3.32. The molecule has 0 aliphatic carbocycles. The molecule has 2 saturated heterocycles. The van der Waals surface area contributed by atoms with Crippen LogP contribution in [-0.4, -0.2) is 52.0 Å². The highest BCUT2D eigenvalue weighted by atomic mass is 32.2. The first kappa shape index (κ1) is 16.1. The normalized spacial score (nSPS) is 30.6. The maximum absolute atomic E-state index is 11.9. The standard InChI is InChI=1S/C13H21N3O4S/c14-11(19)13(5-2-1-3-8(18)4-6-17)10-9(7-21-13)15-12(20)16-10/h9-10,17H,1-7H2,(H2,14,19)(H2,15,16,20)/t9-,10-,13-/m0/s1. The van der Waals surface area contributed by atoms with Gasteiger partial charge in [-0.25, -0.2) is 4.79 Å². The second-order valence-corrected chi connectivity index (χ2v) is 6.84. The van der Waals surface area contributed by atoms with Gasteiger partial charge in [0.15, 0.2) is 0 Å². The van der Waals surface area contributed by atoms with Crippen molar-refractivity contribution >= 4 is 29.5 Å². The van der Waals surface area contributed by atoms with E-state index in [1.165, 1.54) is 11.8 Å². The Hall–Kier alpha value is -1.28. The van der Waals surface area contributed by atoms with Crippen molar-refractivity contribution in [1.29, 1.82) is 0 Å². The summed E-state index contributed by atoms with van der Waals surface area (Å²) in [5, 5.41) is 14.3. The highest BCUT2D eigenvalue weighted by molar-refractivity contribution is 8.01. The van der Waals surface area contributed by atoms with Crippen LogP contribution < -0.4 is 16.4 Å². The van der Waals surface area contributed by atoms with Gasteiger partial charge in [-0.2, -0.15) is 0 Å². The molecule has 7 nitrogen and oxygen atoms in total. The molecular formula is C13H21N3O4S. The van der Waals surface area contributed by atoms with Crippen LogP contribution >= 0.6 is 11.8 Å². The van der Waals surface area contributed by atoms with Crippen molar-refractivity contribution in [2.24, 2.45) is 5.73 Å². The van der Waals surface area contributed by atoms with E-state index >= 15 is 0 Å². The zero-order valence-corrected chi connectivity index (χ0v) is 12.6. The third-order valence-corrected chi connectivity index (χ3v) is 5.79. The number of Topliss-reactive ketones (excluding diaryl/α,β-unsaturated/α-hetero) is 1. The minimum atomic E-state index is -0.788. The second kappa shape index (κ2) is 6.65. The summed E-state index contributed by atoms with van der Waals surface area (Å²) in [6.07, 6.45) is 2.47. The van der Waals surface area contributed by atoms with Gasteiger partial charge in [-0.05, 0) is 12.8 Å². The van der Waals surface area contributed by atoms with E-state index < -0.39 is 10.7 Å². The lowest BCUT2D eigenvalue weighted by atomic mass is 9.88. The molecule has 0 unspecified atom stereocenters. The van der Waals surface area contributed by atoms with Gasteiger partial charge < -0.3 is 21.5 Å². The van der Waals surface area contributed by atoms with Crippen molar-refractivity contribution in [2.75, 3.05) is 12.4 Å². The van der Waals surface area contributed by atoms with Gasteiger partial charge in [0, 0.05) is 25.2 Å². The van der Waals surface area contributed by atoms with Crippen LogP contribution in [-0.2, 0) is 9.59 Å². The lowest BCUT2D eigenvalue weighted by Crippen LogP contribution is -2.54. The molecule has 0 aromatic heterocycles. The fraction of sp³-hybridized carbons (Fsp3) is 0.769. The highest BCUT2D eigenvalue weighted by Gasteiger charge is 2.56. The molecule has 3 atom stereocenters. The Morgan fingerprint density at radius 2 is 2.10 bits per heavy atom. The molecule has 2 rings (SSSR count). The predicted octanol–water partition coefficient (Wildman–Crippen LogP) is -0.481. The lowest BCUT2D eigenvalue weighted by Gasteiger charge is -2.30. The summed E-state index contributed by atoms with van der Waals surface area (Å²) in [7, 11) is 0. The summed E-state index contributed by atoms with van der Waals surface area (Å²) in [4.78, 5) is 34.7. The number of nitrogens with two attached hydrogens (primary N) is 1. The first-order valence-electron chi connectivity index (χ1n) is 7.13. The molecule has 8 heteroatoms. The van der Waals surface area contributed by atoms with Crippen molar-refractivity contribution in [3.8, 4) is 0 Å². The largest absolute Gasteiger partial charge is 0.396 e. The Balaban J connectivity index is 1.90. The molecule has 2 fully saturated rings. The van der Waals surface area contributed by atoms with Crippen LogP contribution in [0.1, 0.15) is 32.1 Å². The molecule has 2 aliphatic rings. The maximum atomic E-state index is 11.9. The number of amides is 3. The van der Waals surface area contributed by atoms with Crippen molar-refractivity contribution < 1.29 is 19.5 Å². The monoisotopic (exact) mass is 315 g/mol. The summed E-state index contributed by atoms with van der Waals surface area (Å²) in [6, 6.07) is -0.597. The quantitative estimate of drug-likeness (QED) is 0.356. The van der Waals surface area contributed by atoms with Crippen LogP contribution in [0.4, 0.5) is 4.79 Å². The molecule has 0 aromatic carbocycles. The van der Waals surface area contributed by atoms with Crippen LogP contribution in [0.25, 0.3) is 0 Å². The summed E-state index contributed by atoms with van der Waals surface area (Å²) in [5.74, 6) is 0.277. The first-order chi connectivity index (χ1) is 9.99. The number of aliphatic hydroxyl groups excluding tert-OH is 1. The molecule has 0 bridgehead atoms. The van der Waals surface area contributed by atoms with E-state index in [0.29, 0.717) is 31.4 Å². The number of carbonyl (C=O) groups excluding carboxylic acids is 3. The number of thioether (sulfide) groups is 1. The lowest BCUT2D eigenvalue weighted by molar-refractivity contribution is -0.121. The Morgan fingerprint density at radius 1 is 1.33 bits per heavy atom. The number of rotatable bonds is 8. The summed E-state index contributed by atoms with van der Waals surface area (Å²) < 4.78 is -0.788. The van der Waals surface area contributed by atoms with Gasteiger partial charge in [-0.1, -0.05) is 6.42 Å². The SMILES string of the molecule is NC(=O)[C@@]1(CCCCC(=O)CCO)SC[C@@H]2NC(=O)N[C@@H]21. The highest BCUT2D eigenvalue weighted by Crippen LogP contribution is 2.43. The van der Waals surface area contributed by atoms with Gasteiger partial charge in [0.25, 0.3) is 0 Å². The van der Waals surface area contributed by atoms with E-state index in [-0.39, 0.29) is 36.9 Å². The molecule has 0 spiro atoms. The number of carbonyl (C=O) groups is 3. The molecule has 21 heavy (non-hydrogen) atoms. The number of unbranched alkanes of at least 4 members (excludes halogenated alkanes) is 1. The van der Waals surface area contributed by atoms with Crippen LogP contribution in [0.15, 0.2) is 0 Å². The molecule has 3 amide bonds. The minimum absolute atomic E-state index is 0.0263. The molecule has 0 radical (unpaired) electrons. The van der Waals surface area contributed by atoms with Gasteiger partial charge in [0.1, 0.15) is 10.5 Å². The topological polar surface area (TPSA) is 122 Å². The number of primary amides is 1. The Bertz CT molecular complexity index is 445. The summed E-state index contributed by atoms with van der Waals surface area (Å²) in [5.41, 5.74) is 5.59. The summed E-state index contributed by atoms with van der Waals surface area (Å²) in [6.45, 7) is -0.124. The summed E-state index contributed by atoms with van der Waals surface area (Å²) >= 11 is 1.48. The molecule has 5 N–H and O–H groups in total. The fourth-order valence-corrected chi connectivity index (χ4v) is 4.56.